The molecule has 2 aromatic rings. The normalized spacial score (nSPS) is 18.3. The molecule has 0 aromatic heterocycles. The Balaban J connectivity index is 1.40. The van der Waals surface area contributed by atoms with Gasteiger partial charge in [0.05, 0.1) is 16.9 Å². The molecule has 1 aliphatic carbocycles. The van der Waals surface area contributed by atoms with E-state index < -0.39 is 31.9 Å². The van der Waals surface area contributed by atoms with Crippen LogP contribution >= 0.6 is 11.8 Å². The van der Waals surface area contributed by atoms with Crippen LogP contribution in [0.3, 0.4) is 0 Å². The molecule has 5 rings (SSSR count). The minimum absolute atomic E-state index is 0.0127. The maximum Gasteiger partial charge on any atom is 0.407 e. The molecule has 2 aliphatic heterocycles. The van der Waals surface area contributed by atoms with Crippen LogP contribution in [0.15, 0.2) is 94.6 Å². The standard InChI is InChI=1S/C51H72N4O9S3/c1-49(2,3)64-48(57)53-32-14-8-13-31-52-46(56)30-35-65-47-38(26-28-44-50(4,5)40-22-9-11-24-42(40)54(44)33-15-17-36-66(58,59)60)20-19-21-39(47)27-29-45-51(6,7)41-23-10-12-25-43(41)55(45)34-16-18-37-67(61,62)63/h9-12,22-29H,8,13-21,30-37H2,1-7H3,(H3-,52,53,56,57,58,59,60,61,62,63)/p+1. The summed E-state index contributed by atoms with van der Waals surface area (Å²) >= 11 is 1.70. The molecule has 0 atom stereocenters. The minimum atomic E-state index is -4.05. The van der Waals surface area contributed by atoms with Crippen LogP contribution < -0.4 is 15.5 Å². The van der Waals surface area contributed by atoms with Gasteiger partial charge in [-0.05, 0) is 121 Å². The zero-order valence-electron chi connectivity index (χ0n) is 40.5. The maximum atomic E-state index is 13.2. The number of allylic oxidation sites excluding steroid dienone is 7. The highest BCUT2D eigenvalue weighted by Gasteiger charge is 2.44. The summed E-state index contributed by atoms with van der Waals surface area (Å²) in [6, 6.07) is 16.6. The van der Waals surface area contributed by atoms with E-state index in [2.05, 4.69) is 96.4 Å². The van der Waals surface area contributed by atoms with Crippen molar-refractivity contribution in [2.45, 2.75) is 136 Å². The van der Waals surface area contributed by atoms with Gasteiger partial charge in [-0.3, -0.25) is 13.9 Å². The first-order chi connectivity index (χ1) is 31.5. The summed E-state index contributed by atoms with van der Waals surface area (Å²) in [6.07, 6.45) is 15.7. The van der Waals surface area contributed by atoms with E-state index >= 15 is 0 Å². The van der Waals surface area contributed by atoms with E-state index in [-0.39, 0.29) is 28.2 Å². The van der Waals surface area contributed by atoms with Crippen molar-refractivity contribution in [3.8, 4) is 0 Å². The van der Waals surface area contributed by atoms with Crippen LogP contribution in [-0.2, 0) is 40.6 Å². The molecule has 0 saturated carbocycles. The number of thioether (sulfide) groups is 1. The number of benzene rings is 2. The van der Waals surface area contributed by atoms with Crippen molar-refractivity contribution >= 4 is 61.1 Å². The predicted molar refractivity (Wildman–Crippen MR) is 272 cm³/mol. The van der Waals surface area contributed by atoms with Gasteiger partial charge in [0.15, 0.2) is 5.71 Å². The number of alkyl carbamates (subject to hydrolysis) is 1. The first-order valence-electron chi connectivity index (χ1n) is 23.7. The lowest BCUT2D eigenvalue weighted by Crippen LogP contribution is -2.33. The Morgan fingerprint density at radius 2 is 1.43 bits per heavy atom. The van der Waals surface area contributed by atoms with E-state index in [1.54, 1.807) is 11.8 Å². The lowest BCUT2D eigenvalue weighted by atomic mass is 9.81. The van der Waals surface area contributed by atoms with Crippen LogP contribution in [0, 0.1) is 0 Å². The highest BCUT2D eigenvalue weighted by molar-refractivity contribution is 8.03. The third-order valence-corrected chi connectivity index (χ3v) is 15.3. The summed E-state index contributed by atoms with van der Waals surface area (Å²) in [5.74, 6) is 0.00757. The second kappa shape index (κ2) is 23.4. The Morgan fingerprint density at radius 3 is 2.12 bits per heavy atom. The number of unbranched alkanes of at least 4 members (excludes halogenated alkanes) is 4. The number of carbonyl (C=O) groups is 2. The van der Waals surface area contributed by atoms with Gasteiger partial charge >= 0.3 is 6.09 Å². The third-order valence-electron chi connectivity index (χ3n) is 12.4. The number of rotatable bonds is 23. The monoisotopic (exact) mass is 981 g/mol. The van der Waals surface area contributed by atoms with Crippen LogP contribution in [0.2, 0.25) is 0 Å². The van der Waals surface area contributed by atoms with Crippen molar-refractivity contribution in [2.75, 3.05) is 48.3 Å². The molecular formula is C51H73N4O9S3+. The Hall–Kier alpha value is -4.22. The van der Waals surface area contributed by atoms with Gasteiger partial charge in [-0.2, -0.15) is 21.4 Å². The van der Waals surface area contributed by atoms with E-state index in [9.17, 15) is 35.5 Å². The van der Waals surface area contributed by atoms with Gasteiger partial charge in [0.1, 0.15) is 12.1 Å². The highest BCUT2D eigenvalue weighted by atomic mass is 32.2. The van der Waals surface area contributed by atoms with E-state index in [0.29, 0.717) is 64.0 Å². The van der Waals surface area contributed by atoms with Gasteiger partial charge in [0.25, 0.3) is 20.2 Å². The van der Waals surface area contributed by atoms with Gasteiger partial charge in [0.2, 0.25) is 11.6 Å². The molecule has 0 saturated heterocycles. The maximum absolute atomic E-state index is 13.2. The molecule has 16 heteroatoms. The van der Waals surface area contributed by atoms with Gasteiger partial charge in [0, 0.05) is 77.6 Å². The molecular weight excluding hydrogens is 909 g/mol. The molecule has 0 bridgehead atoms. The van der Waals surface area contributed by atoms with Crippen LogP contribution in [0.25, 0.3) is 0 Å². The number of nitrogens with zero attached hydrogens (tertiary/aromatic N) is 2. The second-order valence-corrected chi connectivity index (χ2v) is 23.9. The van der Waals surface area contributed by atoms with Gasteiger partial charge in [-0.1, -0.05) is 62.4 Å². The lowest BCUT2D eigenvalue weighted by molar-refractivity contribution is -0.438. The van der Waals surface area contributed by atoms with Gasteiger partial charge in [-0.25, -0.2) is 4.79 Å². The lowest BCUT2D eigenvalue weighted by Gasteiger charge is -2.27. The first kappa shape index (κ1) is 53.7. The molecule has 368 valence electrons. The Morgan fingerprint density at radius 1 is 0.791 bits per heavy atom. The van der Waals surface area contributed by atoms with Gasteiger partial charge < -0.3 is 20.3 Å². The number of hydrogen-bond acceptors (Lipinski definition) is 9. The van der Waals surface area contributed by atoms with Crippen LogP contribution in [0.4, 0.5) is 16.2 Å². The fourth-order valence-corrected chi connectivity index (χ4v) is 11.5. The van der Waals surface area contributed by atoms with Crippen molar-refractivity contribution in [2.24, 2.45) is 0 Å². The molecule has 2 amide bonds. The number of hydrogen-bond donors (Lipinski definition) is 4. The predicted octanol–water partition coefficient (Wildman–Crippen LogP) is 9.94. The molecule has 2 aromatic carbocycles. The SMILES string of the molecule is CC(C)(C)OC(=O)NCCCCCNC(=O)CCSC1=C(/C=C/C2=[N+](CCCCS(=O)(=O)O)c3ccccc3C2(C)C)CCC/C1=C\C=C1\N(CCCCS(=O)(=O)O)c2ccccc2C1(C)C. The fraction of sp³-hybridized carbons (Fsp3) is 0.549. The zero-order chi connectivity index (χ0) is 49.0. The number of carbonyl (C=O) groups excluding carboxylic acids is 2. The summed E-state index contributed by atoms with van der Waals surface area (Å²) in [7, 11) is -8.11. The summed E-state index contributed by atoms with van der Waals surface area (Å²) in [4.78, 5) is 28.5. The van der Waals surface area contributed by atoms with E-state index in [1.165, 1.54) is 22.3 Å². The summed E-state index contributed by atoms with van der Waals surface area (Å²) in [5, 5.41) is 5.85. The van der Waals surface area contributed by atoms with Crippen LogP contribution in [-0.4, -0.2) is 97.3 Å². The van der Waals surface area contributed by atoms with Crippen molar-refractivity contribution in [1.29, 1.82) is 0 Å². The van der Waals surface area contributed by atoms with Crippen molar-refractivity contribution in [3.05, 3.63) is 106 Å². The number of para-hydroxylation sites is 2. The molecule has 3 aliphatic rings. The number of ether oxygens (including phenoxy) is 1. The Bertz CT molecular complexity index is 2480. The zero-order valence-corrected chi connectivity index (χ0v) is 43.0. The largest absolute Gasteiger partial charge is 0.444 e. The smallest absolute Gasteiger partial charge is 0.407 e. The number of amides is 2. The highest BCUT2D eigenvalue weighted by Crippen LogP contribution is 2.48. The van der Waals surface area contributed by atoms with E-state index in [4.69, 9.17) is 4.74 Å². The summed E-state index contributed by atoms with van der Waals surface area (Å²) in [6.45, 7) is 16.6. The number of fused-ring (bicyclic) bond motifs is 2. The quantitative estimate of drug-likeness (QED) is 0.0473. The Kier molecular flexibility index (Phi) is 18.8. The third kappa shape index (κ3) is 15.6. The average Bonchev–Trinajstić information content (AvgIpc) is 3.59. The van der Waals surface area contributed by atoms with E-state index in [1.807, 2.05) is 45.0 Å². The van der Waals surface area contributed by atoms with Crippen molar-refractivity contribution in [1.82, 2.24) is 10.6 Å². The molecule has 0 fully saturated rings. The van der Waals surface area contributed by atoms with Crippen LogP contribution in [0.5, 0.6) is 0 Å². The first-order valence-corrected chi connectivity index (χ1v) is 27.9. The van der Waals surface area contributed by atoms with Crippen LogP contribution in [0.1, 0.15) is 130 Å². The average molecular weight is 982 g/mol. The number of nitrogens with one attached hydrogen (secondary N) is 2. The molecule has 0 unspecified atom stereocenters. The van der Waals surface area contributed by atoms with Gasteiger partial charge in [-0.15, -0.1) is 11.8 Å². The summed E-state index contributed by atoms with van der Waals surface area (Å²) < 4.78 is 72.5. The fourth-order valence-electron chi connectivity index (χ4n) is 9.13. The van der Waals surface area contributed by atoms with Crippen molar-refractivity contribution in [3.63, 3.8) is 0 Å². The summed E-state index contributed by atoms with van der Waals surface area (Å²) in [5.41, 5.74) is 7.92. The topological polar surface area (TPSA) is 182 Å². The second-order valence-electron chi connectivity index (χ2n) is 19.7. The molecule has 0 radical (unpaired) electrons. The minimum Gasteiger partial charge on any atom is -0.444 e. The molecule has 67 heavy (non-hydrogen) atoms. The molecule has 2 heterocycles. The van der Waals surface area contributed by atoms with Crippen molar-refractivity contribution < 1.29 is 44.8 Å². The molecule has 13 nitrogen and oxygen atoms in total. The molecule has 4 N–H and O–H groups in total. The molecule has 0 spiro atoms. The van der Waals surface area contributed by atoms with E-state index in [0.717, 1.165) is 66.2 Å². The number of anilines is 1. The Labute approximate surface area is 404 Å².